The fourth-order valence-electron chi connectivity index (χ4n) is 3.73. The van der Waals surface area contributed by atoms with E-state index >= 15 is 0 Å². The smallest absolute Gasteiger partial charge is 0.291 e. The highest BCUT2D eigenvalue weighted by Crippen LogP contribution is 2.46. The monoisotopic (exact) mass is 423 g/mol. The van der Waals surface area contributed by atoms with Gasteiger partial charge in [-0.3, -0.25) is 9.69 Å². The fraction of sp³-hybridized carbons (Fsp3) is 0.273. The first-order valence-electron chi connectivity index (χ1n) is 9.69. The maximum absolute atomic E-state index is 12.7. The van der Waals surface area contributed by atoms with Crippen LogP contribution in [0.25, 0.3) is 20.8 Å². The number of nitrogens with one attached hydrogen (secondary N) is 1. The number of furan rings is 1. The molecular formula is C22H21N3O2S2. The number of nitrogens with zero attached hydrogens (tertiary/aromatic N) is 2. The molecule has 4 heterocycles. The van der Waals surface area contributed by atoms with Crippen LogP contribution in [0.3, 0.4) is 0 Å². The van der Waals surface area contributed by atoms with Crippen molar-refractivity contribution in [1.82, 2.24) is 9.88 Å². The van der Waals surface area contributed by atoms with E-state index in [1.54, 1.807) is 34.8 Å². The van der Waals surface area contributed by atoms with Crippen molar-refractivity contribution in [3.05, 3.63) is 58.9 Å². The van der Waals surface area contributed by atoms with Crippen LogP contribution in [-0.2, 0) is 13.0 Å². The Morgan fingerprint density at radius 2 is 2.07 bits per heavy atom. The minimum Gasteiger partial charge on any atom is -0.459 e. The topological polar surface area (TPSA) is 58.4 Å². The average Bonchev–Trinajstić information content (AvgIpc) is 3.44. The molecule has 1 aliphatic rings. The van der Waals surface area contributed by atoms with E-state index in [1.807, 2.05) is 18.2 Å². The Kier molecular flexibility index (Phi) is 4.73. The Hall–Kier alpha value is -2.48. The first-order valence-corrected chi connectivity index (χ1v) is 11.3. The summed E-state index contributed by atoms with van der Waals surface area (Å²) in [5.41, 5.74) is 3.39. The van der Waals surface area contributed by atoms with Gasteiger partial charge in [-0.25, -0.2) is 4.98 Å². The molecule has 1 N–H and O–H groups in total. The van der Waals surface area contributed by atoms with Gasteiger partial charge in [0.25, 0.3) is 5.91 Å². The Balaban J connectivity index is 1.60. The lowest BCUT2D eigenvalue weighted by Gasteiger charge is -2.30. The van der Waals surface area contributed by atoms with Gasteiger partial charge in [-0.2, -0.15) is 0 Å². The first kappa shape index (κ1) is 18.5. The van der Waals surface area contributed by atoms with Crippen molar-refractivity contribution in [2.24, 2.45) is 0 Å². The quantitative estimate of drug-likeness (QED) is 0.462. The van der Waals surface area contributed by atoms with Gasteiger partial charge in [-0.05, 0) is 50.1 Å². The van der Waals surface area contributed by atoms with E-state index in [1.165, 1.54) is 16.7 Å². The summed E-state index contributed by atoms with van der Waals surface area (Å²) in [6, 6.07) is 12.1. The SMILES string of the molecule is CC(C)N1CCc2c(sc(NC(=O)c3ccco3)c2-c2nc3ccccc3s2)C1. The van der Waals surface area contributed by atoms with Crippen LogP contribution in [0, 0.1) is 0 Å². The zero-order valence-electron chi connectivity index (χ0n) is 16.3. The Labute approximate surface area is 177 Å². The largest absolute Gasteiger partial charge is 0.459 e. The lowest BCUT2D eigenvalue weighted by Crippen LogP contribution is -2.35. The minimum absolute atomic E-state index is 0.225. The van der Waals surface area contributed by atoms with E-state index in [9.17, 15) is 4.79 Å². The molecule has 3 aromatic heterocycles. The summed E-state index contributed by atoms with van der Waals surface area (Å²) in [5.74, 6) is 0.0899. The van der Waals surface area contributed by atoms with Gasteiger partial charge in [-0.1, -0.05) is 12.1 Å². The van der Waals surface area contributed by atoms with E-state index < -0.39 is 0 Å². The van der Waals surface area contributed by atoms with Gasteiger partial charge in [0.2, 0.25) is 0 Å². The molecular weight excluding hydrogens is 402 g/mol. The number of amides is 1. The van der Waals surface area contributed by atoms with Gasteiger partial charge < -0.3 is 9.73 Å². The standard InChI is InChI=1S/C22H21N3O2S2/c1-13(2)25-10-9-14-18(12-25)29-22(24-20(26)16-7-5-11-27-16)19(14)21-23-15-6-3-4-8-17(15)28-21/h3-8,11,13H,9-10,12H2,1-2H3,(H,24,26). The summed E-state index contributed by atoms with van der Waals surface area (Å²) < 4.78 is 6.44. The second kappa shape index (κ2) is 7.40. The third-order valence-electron chi connectivity index (χ3n) is 5.30. The maximum Gasteiger partial charge on any atom is 0.291 e. The predicted molar refractivity (Wildman–Crippen MR) is 119 cm³/mol. The van der Waals surface area contributed by atoms with Crippen molar-refractivity contribution < 1.29 is 9.21 Å². The summed E-state index contributed by atoms with van der Waals surface area (Å²) in [7, 11) is 0. The Morgan fingerprint density at radius 3 is 2.83 bits per heavy atom. The summed E-state index contributed by atoms with van der Waals surface area (Å²) in [5, 5.41) is 4.92. The molecule has 0 aliphatic carbocycles. The number of hydrogen-bond acceptors (Lipinski definition) is 6. The molecule has 29 heavy (non-hydrogen) atoms. The van der Waals surface area contributed by atoms with Crippen LogP contribution in [0.4, 0.5) is 5.00 Å². The summed E-state index contributed by atoms with van der Waals surface area (Å²) >= 11 is 3.35. The highest BCUT2D eigenvalue weighted by atomic mass is 32.1. The van der Waals surface area contributed by atoms with E-state index in [4.69, 9.17) is 9.40 Å². The normalized spacial score (nSPS) is 14.4. The fourth-order valence-corrected chi connectivity index (χ4v) is 6.11. The average molecular weight is 424 g/mol. The van der Waals surface area contributed by atoms with Gasteiger partial charge in [0.15, 0.2) is 5.76 Å². The zero-order valence-corrected chi connectivity index (χ0v) is 17.9. The molecule has 7 heteroatoms. The molecule has 5 nitrogen and oxygen atoms in total. The molecule has 1 aliphatic heterocycles. The lowest BCUT2D eigenvalue weighted by molar-refractivity contribution is 0.0997. The van der Waals surface area contributed by atoms with Crippen molar-refractivity contribution in [1.29, 1.82) is 0 Å². The van der Waals surface area contributed by atoms with Crippen LogP contribution in [0.15, 0.2) is 47.1 Å². The molecule has 0 radical (unpaired) electrons. The number of thiophene rings is 1. The van der Waals surface area contributed by atoms with Crippen LogP contribution in [0.1, 0.15) is 34.8 Å². The van der Waals surface area contributed by atoms with Gasteiger partial charge in [0, 0.05) is 29.6 Å². The molecule has 1 amide bonds. The third kappa shape index (κ3) is 3.39. The molecule has 0 spiro atoms. The number of hydrogen-bond donors (Lipinski definition) is 1. The zero-order chi connectivity index (χ0) is 20.0. The molecule has 0 saturated carbocycles. The minimum atomic E-state index is -0.225. The second-order valence-corrected chi connectivity index (χ2v) is 9.58. The van der Waals surface area contributed by atoms with Crippen LogP contribution in [0.5, 0.6) is 0 Å². The van der Waals surface area contributed by atoms with Crippen LogP contribution in [-0.4, -0.2) is 28.4 Å². The van der Waals surface area contributed by atoms with E-state index in [0.29, 0.717) is 11.8 Å². The van der Waals surface area contributed by atoms with E-state index in [0.717, 1.165) is 45.3 Å². The molecule has 148 valence electrons. The van der Waals surface area contributed by atoms with Crippen LogP contribution < -0.4 is 5.32 Å². The molecule has 0 bridgehead atoms. The molecule has 0 unspecified atom stereocenters. The van der Waals surface area contributed by atoms with Crippen molar-refractivity contribution in [2.45, 2.75) is 32.9 Å². The summed E-state index contributed by atoms with van der Waals surface area (Å²) in [6.45, 7) is 6.39. The number of fused-ring (bicyclic) bond motifs is 2. The lowest BCUT2D eigenvalue weighted by atomic mass is 10.0. The molecule has 0 atom stereocenters. The van der Waals surface area contributed by atoms with E-state index in [-0.39, 0.29) is 5.91 Å². The number of aromatic nitrogens is 1. The predicted octanol–water partition coefficient (Wildman–Crippen LogP) is 5.64. The molecule has 5 rings (SSSR count). The first-order chi connectivity index (χ1) is 14.1. The van der Waals surface area contributed by atoms with Gasteiger partial charge in [0.1, 0.15) is 10.0 Å². The van der Waals surface area contributed by atoms with Gasteiger partial charge in [0.05, 0.1) is 16.5 Å². The maximum atomic E-state index is 12.7. The molecule has 0 saturated heterocycles. The van der Waals surface area contributed by atoms with Gasteiger partial charge in [-0.15, -0.1) is 22.7 Å². The highest BCUT2D eigenvalue weighted by molar-refractivity contribution is 7.22. The third-order valence-corrected chi connectivity index (χ3v) is 7.48. The van der Waals surface area contributed by atoms with Crippen molar-refractivity contribution >= 4 is 43.8 Å². The van der Waals surface area contributed by atoms with E-state index in [2.05, 4.69) is 30.1 Å². The van der Waals surface area contributed by atoms with Crippen LogP contribution >= 0.6 is 22.7 Å². The van der Waals surface area contributed by atoms with Crippen molar-refractivity contribution in [3.63, 3.8) is 0 Å². The van der Waals surface area contributed by atoms with Crippen molar-refractivity contribution in [2.75, 3.05) is 11.9 Å². The summed E-state index contributed by atoms with van der Waals surface area (Å²) in [6.07, 6.45) is 2.48. The number of benzene rings is 1. The Bertz CT molecular complexity index is 1140. The number of para-hydroxylation sites is 1. The number of carbonyl (C=O) groups excluding carboxylic acids is 1. The Morgan fingerprint density at radius 1 is 1.21 bits per heavy atom. The van der Waals surface area contributed by atoms with Crippen molar-refractivity contribution in [3.8, 4) is 10.6 Å². The molecule has 4 aromatic rings. The van der Waals surface area contributed by atoms with Crippen LogP contribution in [0.2, 0.25) is 0 Å². The van der Waals surface area contributed by atoms with Gasteiger partial charge >= 0.3 is 0 Å². The number of anilines is 1. The number of rotatable bonds is 4. The second-order valence-electron chi connectivity index (χ2n) is 7.44. The molecule has 0 fully saturated rings. The molecule has 1 aromatic carbocycles. The summed E-state index contributed by atoms with van der Waals surface area (Å²) in [4.78, 5) is 21.4. The number of thiazole rings is 1. The number of carbonyl (C=O) groups is 1. The highest BCUT2D eigenvalue weighted by Gasteiger charge is 2.28.